The Morgan fingerprint density at radius 2 is 1.79 bits per heavy atom. The summed E-state index contributed by atoms with van der Waals surface area (Å²) in [5.41, 5.74) is -0.890. The second-order valence-electron chi connectivity index (χ2n) is 19.0. The van der Waals surface area contributed by atoms with Crippen molar-refractivity contribution < 1.29 is 41.8 Å². The monoisotopic (exact) mass is 887 g/mol. The van der Waals surface area contributed by atoms with Crippen LogP contribution in [0.15, 0.2) is 54.7 Å². The van der Waals surface area contributed by atoms with E-state index in [4.69, 9.17) is 19.2 Å². The van der Waals surface area contributed by atoms with E-state index < -0.39 is 74.2 Å². The van der Waals surface area contributed by atoms with Gasteiger partial charge < -0.3 is 35.1 Å². The lowest BCUT2D eigenvalue weighted by atomic mass is 9.88. The van der Waals surface area contributed by atoms with E-state index in [0.717, 1.165) is 11.8 Å². The molecule has 0 bridgehead atoms. The number of allylic oxidation sites excluding steroid dienone is 1. The predicted octanol–water partition coefficient (Wildman–Crippen LogP) is 5.40. The third kappa shape index (κ3) is 10.7. The molecular weight excluding hydrogens is 827 g/mol. The minimum Gasteiger partial charge on any atom is -0.497 e. The van der Waals surface area contributed by atoms with E-state index >= 15 is 4.79 Å². The first kappa shape index (κ1) is 45.6. The predicted molar refractivity (Wildman–Crippen MR) is 237 cm³/mol. The molecule has 4 aliphatic rings. The number of nitrogens with one attached hydrogen (secondary N) is 4. The Morgan fingerprint density at radius 1 is 1.03 bits per heavy atom. The number of benzene rings is 1. The van der Waals surface area contributed by atoms with E-state index in [-0.39, 0.29) is 43.2 Å². The molecule has 5 amide bonds. The van der Waals surface area contributed by atoms with Gasteiger partial charge >= 0.3 is 6.03 Å². The van der Waals surface area contributed by atoms with Gasteiger partial charge in [0.25, 0.3) is 5.91 Å². The highest BCUT2D eigenvalue weighted by molar-refractivity contribution is 7.91. The van der Waals surface area contributed by atoms with Crippen molar-refractivity contribution in [3.05, 3.63) is 54.7 Å². The van der Waals surface area contributed by atoms with Crippen LogP contribution in [0.4, 0.5) is 4.79 Å². The van der Waals surface area contributed by atoms with E-state index in [1.165, 1.54) is 4.90 Å². The highest BCUT2D eigenvalue weighted by Gasteiger charge is 2.62. The highest BCUT2D eigenvalue weighted by atomic mass is 32.2. The lowest BCUT2D eigenvalue weighted by molar-refractivity contribution is -0.142. The lowest BCUT2D eigenvalue weighted by Gasteiger charge is -2.33. The Balaban J connectivity index is 1.25. The van der Waals surface area contributed by atoms with E-state index in [1.807, 2.05) is 78.0 Å². The van der Waals surface area contributed by atoms with Crippen LogP contribution in [0.25, 0.3) is 22.0 Å². The molecule has 7 rings (SSSR count). The number of methoxy groups -OCH3 is 1. The first-order valence-corrected chi connectivity index (χ1v) is 23.5. The van der Waals surface area contributed by atoms with Crippen molar-refractivity contribution in [2.24, 2.45) is 17.8 Å². The molecule has 340 valence electrons. The number of hydrogen-bond acceptors (Lipinski definition) is 11. The number of fused-ring (bicyclic) bond motifs is 3. The molecule has 2 aromatic heterocycles. The van der Waals surface area contributed by atoms with E-state index in [0.29, 0.717) is 54.0 Å². The van der Waals surface area contributed by atoms with Gasteiger partial charge in [-0.2, -0.15) is 0 Å². The van der Waals surface area contributed by atoms with Crippen LogP contribution in [-0.4, -0.2) is 101 Å². The minimum absolute atomic E-state index is 0.00813. The number of ether oxygens (including phenoxy) is 3. The number of hydrogen-bond donors (Lipinski definition) is 4. The molecule has 4 N–H and O–H groups in total. The molecule has 2 unspecified atom stereocenters. The van der Waals surface area contributed by atoms with Gasteiger partial charge in [0.1, 0.15) is 29.5 Å². The Labute approximate surface area is 369 Å². The molecule has 17 heteroatoms. The summed E-state index contributed by atoms with van der Waals surface area (Å²) < 4.78 is 46.3. The third-order valence-corrected chi connectivity index (χ3v) is 13.9. The van der Waals surface area contributed by atoms with Crippen LogP contribution >= 0.6 is 0 Å². The fourth-order valence-corrected chi connectivity index (χ4v) is 9.95. The first-order chi connectivity index (χ1) is 29.7. The number of pyridine rings is 2. The molecule has 0 radical (unpaired) electrons. The zero-order valence-electron chi connectivity index (χ0n) is 37.4. The summed E-state index contributed by atoms with van der Waals surface area (Å²) in [6, 6.07) is 8.30. The van der Waals surface area contributed by atoms with Crippen molar-refractivity contribution in [1.82, 2.24) is 35.5 Å². The zero-order valence-corrected chi connectivity index (χ0v) is 38.2. The van der Waals surface area contributed by atoms with E-state index in [2.05, 4.69) is 32.6 Å². The minimum atomic E-state index is -3.93. The van der Waals surface area contributed by atoms with Gasteiger partial charge in [0.05, 0.1) is 30.7 Å². The molecular formula is C46H61N7O9S. The summed E-state index contributed by atoms with van der Waals surface area (Å²) >= 11 is 0. The lowest BCUT2D eigenvalue weighted by Crippen LogP contribution is -2.60. The Morgan fingerprint density at radius 3 is 2.46 bits per heavy atom. The van der Waals surface area contributed by atoms with Crippen LogP contribution in [-0.2, 0) is 24.4 Å². The van der Waals surface area contributed by atoms with Gasteiger partial charge in [-0.15, -0.1) is 0 Å². The van der Waals surface area contributed by atoms with Crippen molar-refractivity contribution >= 4 is 44.5 Å². The number of aromatic nitrogens is 2. The van der Waals surface area contributed by atoms with Crippen LogP contribution < -0.4 is 34.9 Å². The van der Waals surface area contributed by atoms with Gasteiger partial charge in [-0.25, -0.2) is 23.2 Å². The van der Waals surface area contributed by atoms with E-state index in [9.17, 15) is 22.8 Å². The molecule has 2 aliphatic heterocycles. The van der Waals surface area contributed by atoms with Crippen LogP contribution in [0.5, 0.6) is 17.5 Å². The number of sulfonamides is 1. The maximum absolute atomic E-state index is 15.0. The largest absolute Gasteiger partial charge is 0.497 e. The maximum atomic E-state index is 15.0. The smallest absolute Gasteiger partial charge is 0.315 e. The highest BCUT2D eigenvalue weighted by Crippen LogP contribution is 2.46. The van der Waals surface area contributed by atoms with Gasteiger partial charge in [-0.1, -0.05) is 26.0 Å². The quantitative estimate of drug-likeness (QED) is 0.190. The van der Waals surface area contributed by atoms with Gasteiger partial charge in [0.15, 0.2) is 0 Å². The fourth-order valence-electron chi connectivity index (χ4n) is 8.59. The summed E-state index contributed by atoms with van der Waals surface area (Å²) in [7, 11) is -2.35. The molecule has 3 fully saturated rings. The van der Waals surface area contributed by atoms with Gasteiger partial charge in [-0.05, 0) is 121 Å². The van der Waals surface area contributed by atoms with Crippen molar-refractivity contribution in [2.45, 2.75) is 134 Å². The Bertz CT molecular complexity index is 2360. The topological polar surface area (TPSA) is 207 Å². The molecule has 2 saturated carbocycles. The number of amides is 5. The number of carbonyl (C=O) groups excluding carboxylic acids is 4. The molecule has 2 aliphatic carbocycles. The van der Waals surface area contributed by atoms with Crippen molar-refractivity contribution in [1.29, 1.82) is 0 Å². The average Bonchev–Trinajstić information content (AvgIpc) is 4.14. The number of carbonyl (C=O) groups is 4. The van der Waals surface area contributed by atoms with E-state index in [1.54, 1.807) is 25.4 Å². The SMILES string of the molecule is COc1ccc2c(O[C@@H]3C[C@H]4C(=O)NC5(C(=O)NS(=O)(=O)C6CC6)CC5/C=C\CC[C@@H](C)C[C@@H](C)[C@H](NC(=O)NC(C)(C)C)C(=O)N4C3)nc(-c3ccc(OC(C)C)nc3)cc2c1. The summed E-state index contributed by atoms with van der Waals surface area (Å²) in [6.07, 6.45) is 7.84. The second-order valence-corrected chi connectivity index (χ2v) is 21.0. The van der Waals surface area contributed by atoms with Crippen LogP contribution in [0.3, 0.4) is 0 Å². The van der Waals surface area contributed by atoms with Crippen LogP contribution in [0.2, 0.25) is 0 Å². The molecule has 0 spiro atoms. The van der Waals surface area contributed by atoms with Crippen LogP contribution in [0, 0.1) is 17.8 Å². The fraction of sp³-hybridized carbons (Fsp3) is 0.565. The first-order valence-electron chi connectivity index (χ1n) is 22.0. The second kappa shape index (κ2) is 18.0. The molecule has 3 aromatic rings. The van der Waals surface area contributed by atoms with Gasteiger partial charge in [0.2, 0.25) is 33.6 Å². The summed E-state index contributed by atoms with van der Waals surface area (Å²) in [6.45, 7) is 13.3. The van der Waals surface area contributed by atoms with Crippen molar-refractivity contribution in [2.75, 3.05) is 13.7 Å². The van der Waals surface area contributed by atoms with Gasteiger partial charge in [0, 0.05) is 41.1 Å². The maximum Gasteiger partial charge on any atom is 0.315 e. The molecule has 1 saturated heterocycles. The van der Waals surface area contributed by atoms with Crippen LogP contribution in [0.1, 0.15) is 93.4 Å². The van der Waals surface area contributed by atoms with Crippen molar-refractivity contribution in [3.63, 3.8) is 0 Å². The third-order valence-electron chi connectivity index (χ3n) is 12.1. The number of nitrogens with zero attached hydrogens (tertiary/aromatic N) is 3. The number of rotatable bonds is 10. The molecule has 1 aromatic carbocycles. The summed E-state index contributed by atoms with van der Waals surface area (Å²) in [4.78, 5) is 68.1. The molecule has 7 atom stereocenters. The standard InChI is InChI=1S/C46H61N7O9S/c1-26(2)61-38-18-13-29(24-47-38)36-21-30-20-32(60-8)14-17-35(30)41(48-36)62-33-22-37-40(54)50-46(43(56)52-63(58,59)34-15-16-34)23-31(46)12-10-9-11-27(3)19-28(4)39(42(55)53(37)25-33)49-44(57)51-45(5,6)7/h10,12-14,17-18,20-21,24,26-28,31,33-34,37,39H,9,11,15-16,19,22-23,25H2,1-8H3,(H,50,54)(H,52,56)(H2,49,51,57)/b12-10-/t27-,28-,31?,33-,37+,39+,46?/m1/s1. The number of urea groups is 1. The Hall–Kier alpha value is -5.45. The molecule has 63 heavy (non-hydrogen) atoms. The van der Waals surface area contributed by atoms with Crippen molar-refractivity contribution in [3.8, 4) is 28.8 Å². The Kier molecular flexibility index (Phi) is 13.0. The molecule has 16 nitrogen and oxygen atoms in total. The zero-order chi connectivity index (χ0) is 45.4. The normalized spacial score (nSPS) is 27.2. The van der Waals surface area contributed by atoms with Gasteiger partial charge in [-0.3, -0.25) is 19.1 Å². The average molecular weight is 888 g/mol. The molecule has 4 heterocycles. The summed E-state index contributed by atoms with van der Waals surface area (Å²) in [5, 5.41) is 9.55. The summed E-state index contributed by atoms with van der Waals surface area (Å²) in [5.74, 6) is -1.22.